The zero-order valence-corrected chi connectivity index (χ0v) is 78.1. The lowest BCUT2D eigenvalue weighted by Gasteiger charge is -2.42. The van der Waals surface area contributed by atoms with E-state index in [4.69, 9.17) is 84.1 Å². The van der Waals surface area contributed by atoms with E-state index in [0.717, 1.165) is 51.3 Å². The number of nitrogens with two attached hydrogens (primary N) is 3. The summed E-state index contributed by atoms with van der Waals surface area (Å²) in [7, 11) is 4.58. The van der Waals surface area contributed by atoms with Gasteiger partial charge in [-0.25, -0.2) is 34.1 Å². The molecule has 9 heterocycles. The third kappa shape index (κ3) is 27.8. The Hall–Kier alpha value is -10.1. The Balaban J connectivity index is 0.550. The SMILES string of the molecule is CO[C@H]1C[C@@H]2CC[C@@H](C)[C@@](O)(O2)C(=O)C(=O)N2CCCC[C@H]2C(=O)O[C@H]([C@H](N)C[C@@H]2CC[C@@H](OCc3cccc(-c4cnc(N5CCN(Cc6cn(CCOCCOCCOCCOCCC(=O)NCCCCn7nc(-c8ccc9oc(N)nc9c8)c8c(N)ncnc87)nn6)C(CO)C5)nc4)c3)[C@H](OC)C2)CC(=O)[C@H](C)/C=C(\C)[C@@H](O)[C@@H](OC)C(=O)[C@H](C)C[C@H](C)/C=C/C=C/C=C/1C. The van der Waals surface area contributed by atoms with Gasteiger partial charge >= 0.3 is 5.97 Å². The number of unbranched alkanes of at least 4 members (excludes halogenated alkanes) is 1. The topological polar surface area (TPSA) is 481 Å². The van der Waals surface area contributed by atoms with Gasteiger partial charge in [0.15, 0.2) is 17.0 Å². The van der Waals surface area contributed by atoms with Crippen molar-refractivity contribution in [2.45, 2.75) is 231 Å². The Labute approximate surface area is 776 Å². The highest BCUT2D eigenvalue weighted by Gasteiger charge is 2.53. The number of fused-ring (bicyclic) bond motifs is 5. The Morgan fingerprint density at radius 3 is 2.29 bits per heavy atom. The van der Waals surface area contributed by atoms with Crippen molar-refractivity contribution in [3.05, 3.63) is 126 Å². The van der Waals surface area contributed by atoms with Crippen LogP contribution in [0.3, 0.4) is 0 Å². The minimum absolute atomic E-state index is 0.0234. The van der Waals surface area contributed by atoms with Gasteiger partial charge in [-0.05, 0) is 149 Å². The number of aliphatic hydroxyl groups is 3. The third-order valence-corrected chi connectivity index (χ3v) is 26.0. The van der Waals surface area contributed by atoms with Gasteiger partial charge in [-0.2, -0.15) is 10.1 Å². The van der Waals surface area contributed by atoms with Crippen LogP contribution in [0.2, 0.25) is 0 Å². The van der Waals surface area contributed by atoms with E-state index in [2.05, 4.69) is 40.4 Å². The van der Waals surface area contributed by atoms with Crippen molar-refractivity contribution in [3.63, 3.8) is 0 Å². The summed E-state index contributed by atoms with van der Waals surface area (Å²) >= 11 is 0. The number of piperazine rings is 1. The molecule has 12 rings (SSSR count). The number of carbonyl (C=O) groups excluding carboxylic acids is 6. The van der Waals surface area contributed by atoms with Gasteiger partial charge in [0.1, 0.15) is 53.5 Å². The zero-order chi connectivity index (χ0) is 94.7. The van der Waals surface area contributed by atoms with Gasteiger partial charge in [0.2, 0.25) is 17.6 Å². The fraction of sp³-hybridized carbons (Fsp3) is 0.604. The molecule has 4 aliphatic heterocycles. The predicted octanol–water partition coefficient (Wildman–Crippen LogP) is 7.99. The highest BCUT2D eigenvalue weighted by molar-refractivity contribution is 6.39. The second kappa shape index (κ2) is 49.9. The molecule has 5 aromatic heterocycles. The van der Waals surface area contributed by atoms with Gasteiger partial charge in [0, 0.05) is 140 Å². The monoisotopic (exact) mass is 1850 g/mol. The summed E-state index contributed by atoms with van der Waals surface area (Å²) in [6, 6.07) is 11.2. The predicted molar refractivity (Wildman–Crippen MR) is 495 cm³/mol. The number of cyclic esters (lactones) is 1. The van der Waals surface area contributed by atoms with Crippen molar-refractivity contribution in [2.75, 3.05) is 130 Å². The molecule has 10 N–H and O–H groups in total. The van der Waals surface area contributed by atoms with Crippen LogP contribution in [0.5, 0.6) is 0 Å². The number of anilines is 3. The molecule has 2 amide bonds. The van der Waals surface area contributed by atoms with Gasteiger partial charge in [-0.15, -0.1) is 5.10 Å². The highest BCUT2D eigenvalue weighted by Crippen LogP contribution is 2.40. The second-order valence-corrected chi connectivity index (χ2v) is 35.8. The summed E-state index contributed by atoms with van der Waals surface area (Å²) in [5.74, 6) is -7.68. The first-order valence-corrected chi connectivity index (χ1v) is 46.7. The standard InChI is InChI=1S/C96H135N17O20/c1-60-18-11-10-12-19-61(2)80(123-7)50-73-26-23-65(6)96(122,133-73)89(119)92(120)112-31-15-13-22-76(112)93(121)131-81(51-77(115)62(3)45-64(5)87(118)88(125-9)86(117)63(4)44-60)74(97)47-66-24-27-79(82(48-66)124-8)130-58-67-20-17-21-68(46-67)70-52-101-95(102-53-70)110-34-33-109(72(56-110)57-114)54-71-55-111(108-106-71)35-37-127-39-41-129-43-42-128-40-38-126-36-29-83(116)100-30-14-16-32-113-91-84(90(98)103-59-104-91)85(107-113)69-25-28-78-75(49-69)105-94(99)132-78/h10-12,17-21,25,28,45-46,49,52-53,55,59-60,62-63,65-66,72-74,76,79-82,87-88,114,118,122H,13-16,22-24,26-27,29-44,47-48,50-51,54,56-58,97H2,1-9H3,(H2,99,105)(H,100,116)(H2,98,103,104)/b12-10+,18-11+,61-19+,64-45+/t60-,62-,63-,65-,66+,72?,73+,74-,76+,79-,80+,81+,82-,87-,88+,96-/m1/s1. The molecule has 1 unspecified atom stereocenters. The number of aliphatic hydroxyl groups excluding tert-OH is 2. The summed E-state index contributed by atoms with van der Waals surface area (Å²) in [5, 5.41) is 51.7. The van der Waals surface area contributed by atoms with E-state index in [-0.39, 0.29) is 106 Å². The number of aromatic nitrogens is 10. The first-order chi connectivity index (χ1) is 64.2. The maximum atomic E-state index is 14.8. The number of ether oxygens (including phenoxy) is 10. The van der Waals surface area contributed by atoms with Crippen LogP contribution >= 0.6 is 0 Å². The van der Waals surface area contributed by atoms with Crippen LogP contribution in [0.1, 0.15) is 149 Å². The molecule has 0 radical (unpaired) electrons. The molecule has 1 aliphatic carbocycles. The van der Waals surface area contributed by atoms with Crippen LogP contribution in [0.15, 0.2) is 119 Å². The molecule has 2 bridgehead atoms. The lowest BCUT2D eigenvalue weighted by Crippen LogP contribution is -2.61. The number of benzene rings is 2. The number of aryl methyl sites for hydroxylation is 1. The largest absolute Gasteiger partial charge is 0.459 e. The van der Waals surface area contributed by atoms with Gasteiger partial charge in [0.05, 0.1) is 114 Å². The fourth-order valence-electron chi connectivity index (χ4n) is 18.2. The number of carbonyl (C=O) groups is 6. The average molecular weight is 1850 g/mol. The first kappa shape index (κ1) is 102. The van der Waals surface area contributed by atoms with E-state index >= 15 is 0 Å². The summed E-state index contributed by atoms with van der Waals surface area (Å²) in [6.45, 7) is 17.6. The number of esters is 1. The normalized spacial score (nSPS) is 27.2. The van der Waals surface area contributed by atoms with E-state index in [1.54, 1.807) is 75.8 Å². The molecular formula is C96H135N17O20. The highest BCUT2D eigenvalue weighted by atomic mass is 16.6. The van der Waals surface area contributed by atoms with Gasteiger partial charge in [-0.3, -0.25) is 28.9 Å². The Bertz CT molecular complexity index is 5100. The van der Waals surface area contributed by atoms with Crippen LogP contribution in [0, 0.1) is 29.6 Å². The molecule has 37 nitrogen and oxygen atoms in total. The number of allylic oxidation sites excluding steroid dienone is 6. The molecule has 37 heteroatoms. The lowest BCUT2D eigenvalue weighted by atomic mass is 9.80. The molecule has 7 aromatic rings. The van der Waals surface area contributed by atoms with E-state index in [9.17, 15) is 44.1 Å². The van der Waals surface area contributed by atoms with Crippen molar-refractivity contribution in [1.29, 1.82) is 0 Å². The molecular weight excluding hydrogens is 1710 g/mol. The van der Waals surface area contributed by atoms with Crippen LogP contribution < -0.4 is 27.4 Å². The Kier molecular flexibility index (Phi) is 38.2. The van der Waals surface area contributed by atoms with Gasteiger partial charge in [-0.1, -0.05) is 87.6 Å². The van der Waals surface area contributed by atoms with Crippen molar-refractivity contribution < 1.29 is 95.9 Å². The molecule has 1 saturated carbocycles. The Morgan fingerprint density at radius 1 is 0.767 bits per heavy atom. The van der Waals surface area contributed by atoms with Crippen molar-refractivity contribution >= 4 is 75.0 Å². The number of methoxy groups -OCH3 is 3. The molecule has 133 heavy (non-hydrogen) atoms. The van der Waals surface area contributed by atoms with E-state index in [0.29, 0.717) is 195 Å². The third-order valence-electron chi connectivity index (χ3n) is 26.0. The average Bonchev–Trinajstić information content (AvgIpc) is 1.52. The number of ketones is 3. The summed E-state index contributed by atoms with van der Waals surface area (Å²) in [5.41, 5.74) is 27.0. The second-order valence-electron chi connectivity index (χ2n) is 35.8. The molecule has 3 saturated heterocycles. The van der Waals surface area contributed by atoms with Crippen molar-refractivity contribution in [3.8, 4) is 22.4 Å². The number of nitrogen functional groups attached to an aromatic ring is 2. The summed E-state index contributed by atoms with van der Waals surface area (Å²) in [4.78, 5) is 113. The van der Waals surface area contributed by atoms with Crippen LogP contribution in [0.4, 0.5) is 17.8 Å². The zero-order valence-electron chi connectivity index (χ0n) is 78.1. The van der Waals surface area contributed by atoms with E-state index in [1.807, 2.05) is 86.8 Å². The van der Waals surface area contributed by atoms with Crippen LogP contribution in [-0.4, -0.2) is 290 Å². The molecule has 5 aliphatic rings. The summed E-state index contributed by atoms with van der Waals surface area (Å²) < 4.78 is 68.6. The number of amides is 2. The number of nitrogens with zero attached hydrogens (tertiary/aromatic N) is 13. The molecule has 16 atom stereocenters. The number of nitrogens with one attached hydrogen (secondary N) is 1. The first-order valence-electron chi connectivity index (χ1n) is 46.7. The minimum Gasteiger partial charge on any atom is -0.459 e. The van der Waals surface area contributed by atoms with Crippen LogP contribution in [-0.2, 0) is 102 Å². The lowest BCUT2D eigenvalue weighted by molar-refractivity contribution is -0.265. The summed E-state index contributed by atoms with van der Waals surface area (Å²) in [6.07, 6.45) is 18.7. The number of oxazole rings is 1. The number of Topliss-reactive ketones (excluding diaryl/α,β-unsaturated/α-hetero) is 3. The molecule has 2 aromatic carbocycles. The quantitative estimate of drug-likeness (QED) is 0.00856. The maximum absolute atomic E-state index is 14.8. The number of rotatable bonds is 35. The number of hydrogen-bond acceptors (Lipinski definition) is 33. The Morgan fingerprint density at radius 2 is 1.53 bits per heavy atom. The number of piperidine rings is 1. The van der Waals surface area contributed by atoms with Crippen molar-refractivity contribution in [1.82, 2.24) is 64.8 Å². The van der Waals surface area contributed by atoms with E-state index < -0.39 is 83.8 Å². The molecule has 4 fully saturated rings. The smallest absolute Gasteiger partial charge is 0.329 e. The van der Waals surface area contributed by atoms with Gasteiger partial charge < -0.3 is 99.4 Å². The maximum Gasteiger partial charge on any atom is 0.329 e. The fourth-order valence-corrected chi connectivity index (χ4v) is 18.2. The van der Waals surface area contributed by atoms with Gasteiger partial charge in [0.25, 0.3) is 17.7 Å². The van der Waals surface area contributed by atoms with E-state index in [1.165, 1.54) is 13.4 Å². The van der Waals surface area contributed by atoms with Crippen molar-refractivity contribution in [2.24, 2.45) is 35.3 Å². The number of hydrogen-bond donors (Lipinski definition) is 7. The molecule has 724 valence electrons. The van der Waals surface area contributed by atoms with Crippen LogP contribution in [0.25, 0.3) is 44.5 Å². The molecule has 0 spiro atoms. The minimum atomic E-state index is -2.50.